The number of aliphatic hydroxyl groups is 1. The van der Waals surface area contributed by atoms with E-state index in [1.54, 1.807) is 76.2 Å². The zero-order chi connectivity index (χ0) is 24.5. The van der Waals surface area contributed by atoms with Gasteiger partial charge in [0.25, 0.3) is 0 Å². The molecule has 0 saturated heterocycles. The van der Waals surface area contributed by atoms with Crippen LogP contribution in [-0.2, 0) is 9.53 Å². The third kappa shape index (κ3) is 12.2. The maximum atomic E-state index is 12.4. The molecule has 8 heteroatoms. The van der Waals surface area contributed by atoms with E-state index in [0.29, 0.717) is 21.9 Å². The first-order chi connectivity index (χ1) is 14.7. The molecule has 0 aliphatic heterocycles. The van der Waals surface area contributed by atoms with Gasteiger partial charge in [-0.2, -0.15) is 0 Å². The molecule has 0 aromatic heterocycles. The SMILES string of the molecule is CC(C)OC(=O)C(C)(C)Oc1ccc(C(=O)c2ccc(Cl)cc2)cc1.C[N+](C)(C)CCO.[CaH2]. The Hall–Kier alpha value is -1.15. The number of ether oxygens (including phenoxy) is 2. The Morgan fingerprint density at radius 3 is 1.79 bits per heavy atom. The first kappa shape index (κ1) is 31.8. The van der Waals surface area contributed by atoms with E-state index in [-0.39, 0.29) is 56.2 Å². The molecule has 0 amide bonds. The summed E-state index contributed by atoms with van der Waals surface area (Å²) in [6, 6.07) is 13.4. The van der Waals surface area contributed by atoms with Gasteiger partial charge in [0.05, 0.1) is 33.9 Å². The van der Waals surface area contributed by atoms with Gasteiger partial charge in [-0.15, -0.1) is 0 Å². The first-order valence-electron chi connectivity index (χ1n) is 10.5. The molecule has 2 aromatic rings. The molecule has 33 heavy (non-hydrogen) atoms. The number of benzene rings is 2. The number of ketones is 1. The van der Waals surface area contributed by atoms with Crippen LogP contribution in [0.15, 0.2) is 48.5 Å². The monoisotopic (exact) mass is 506 g/mol. The minimum atomic E-state index is -1.12. The van der Waals surface area contributed by atoms with Gasteiger partial charge in [-0.25, -0.2) is 4.79 Å². The topological polar surface area (TPSA) is 72.8 Å². The van der Waals surface area contributed by atoms with Crippen molar-refractivity contribution >= 4 is 61.1 Å². The molecular weight excluding hydrogens is 470 g/mol. The number of esters is 1. The number of likely N-dealkylation sites (N-methyl/N-ethyl adjacent to an activating group) is 1. The van der Waals surface area contributed by atoms with Crippen LogP contribution in [0.4, 0.5) is 0 Å². The number of rotatable bonds is 8. The number of halogens is 1. The molecule has 0 radical (unpaired) electrons. The predicted molar refractivity (Wildman–Crippen MR) is 136 cm³/mol. The fourth-order valence-electron chi connectivity index (χ4n) is 2.43. The first-order valence-corrected chi connectivity index (χ1v) is 10.8. The van der Waals surface area contributed by atoms with Crippen molar-refractivity contribution in [2.45, 2.75) is 39.4 Å². The zero-order valence-corrected chi connectivity index (χ0v) is 20.8. The Balaban J connectivity index is 0.00000111. The average molecular weight is 507 g/mol. The van der Waals surface area contributed by atoms with Crippen LogP contribution in [0.3, 0.4) is 0 Å². The summed E-state index contributed by atoms with van der Waals surface area (Å²) in [5.74, 6) is -0.0659. The van der Waals surface area contributed by atoms with Crippen LogP contribution in [0, 0.1) is 0 Å². The van der Waals surface area contributed by atoms with E-state index in [4.69, 9.17) is 26.2 Å². The van der Waals surface area contributed by atoms with Gasteiger partial charge < -0.3 is 19.1 Å². The van der Waals surface area contributed by atoms with Crippen molar-refractivity contribution in [3.05, 3.63) is 64.7 Å². The molecule has 0 aliphatic rings. The fourth-order valence-corrected chi connectivity index (χ4v) is 2.56. The summed E-state index contributed by atoms with van der Waals surface area (Å²) < 4.78 is 11.7. The Kier molecular flexibility index (Phi) is 13.8. The number of carbonyl (C=O) groups is 2. The fraction of sp³-hybridized carbons (Fsp3) is 0.440. The van der Waals surface area contributed by atoms with Crippen LogP contribution >= 0.6 is 11.6 Å². The minimum absolute atomic E-state index is 0. The quantitative estimate of drug-likeness (QED) is 0.257. The molecule has 2 rings (SSSR count). The Labute approximate surface area is 232 Å². The normalized spacial score (nSPS) is 11.1. The van der Waals surface area contributed by atoms with Crippen LogP contribution in [-0.4, -0.2) is 105 Å². The van der Waals surface area contributed by atoms with Crippen LogP contribution in [0.2, 0.25) is 5.02 Å². The second-order valence-electron chi connectivity index (χ2n) is 9.16. The second-order valence-corrected chi connectivity index (χ2v) is 9.60. The van der Waals surface area contributed by atoms with E-state index in [1.165, 1.54) is 0 Å². The predicted octanol–water partition coefficient (Wildman–Crippen LogP) is 3.45. The molecule has 1 N–H and O–H groups in total. The number of nitrogens with zero attached hydrogens (tertiary/aromatic N) is 1. The molecule has 0 spiro atoms. The molecule has 2 aromatic carbocycles. The molecule has 0 atom stereocenters. The number of hydrogen-bond donors (Lipinski definition) is 1. The zero-order valence-electron chi connectivity index (χ0n) is 20.0. The van der Waals surface area contributed by atoms with E-state index in [1.807, 2.05) is 0 Å². The summed E-state index contributed by atoms with van der Waals surface area (Å²) in [6.07, 6.45) is -0.213. The van der Waals surface area contributed by atoms with Crippen LogP contribution in [0.1, 0.15) is 43.6 Å². The number of hydrogen-bond acceptors (Lipinski definition) is 5. The van der Waals surface area contributed by atoms with Crippen molar-refractivity contribution in [1.82, 2.24) is 0 Å². The van der Waals surface area contributed by atoms with Crippen molar-refractivity contribution in [2.24, 2.45) is 0 Å². The second kappa shape index (κ2) is 14.3. The van der Waals surface area contributed by atoms with Gasteiger partial charge in [-0.1, -0.05) is 11.6 Å². The summed E-state index contributed by atoms with van der Waals surface area (Å²) in [7, 11) is 6.16. The van der Waals surface area contributed by atoms with Gasteiger partial charge in [0.15, 0.2) is 11.4 Å². The molecule has 0 saturated carbocycles. The van der Waals surface area contributed by atoms with Gasteiger partial charge in [0, 0.05) is 16.1 Å². The van der Waals surface area contributed by atoms with Gasteiger partial charge in [0.1, 0.15) is 12.3 Å². The van der Waals surface area contributed by atoms with Crippen LogP contribution < -0.4 is 4.74 Å². The molecular formula is C25H37CaClNO5+. The average Bonchev–Trinajstić information content (AvgIpc) is 2.67. The summed E-state index contributed by atoms with van der Waals surface area (Å²) >= 11 is 5.84. The van der Waals surface area contributed by atoms with E-state index in [0.717, 1.165) is 11.0 Å². The molecule has 0 aliphatic carbocycles. The Bertz CT molecular complexity index is 875. The molecule has 180 valence electrons. The summed E-state index contributed by atoms with van der Waals surface area (Å²) in [5.41, 5.74) is -0.0393. The third-order valence-electron chi connectivity index (χ3n) is 4.20. The molecule has 6 nitrogen and oxygen atoms in total. The van der Waals surface area contributed by atoms with Crippen molar-refractivity contribution < 1.29 is 28.7 Å². The number of quaternary nitrogens is 1. The van der Waals surface area contributed by atoms with E-state index in [2.05, 4.69) is 21.1 Å². The van der Waals surface area contributed by atoms with Gasteiger partial charge in [0.2, 0.25) is 0 Å². The van der Waals surface area contributed by atoms with Gasteiger partial charge >= 0.3 is 43.7 Å². The van der Waals surface area contributed by atoms with Crippen molar-refractivity contribution in [3.8, 4) is 5.75 Å². The van der Waals surface area contributed by atoms with Crippen molar-refractivity contribution in [1.29, 1.82) is 0 Å². The van der Waals surface area contributed by atoms with E-state index in [9.17, 15) is 9.59 Å². The van der Waals surface area contributed by atoms with E-state index < -0.39 is 11.6 Å². The molecule has 0 heterocycles. The molecule has 0 fully saturated rings. The summed E-state index contributed by atoms with van der Waals surface area (Å²) in [5, 5.41) is 8.97. The summed E-state index contributed by atoms with van der Waals surface area (Å²) in [4.78, 5) is 24.5. The Morgan fingerprint density at radius 2 is 1.42 bits per heavy atom. The molecule has 0 unspecified atom stereocenters. The van der Waals surface area contributed by atoms with Gasteiger partial charge in [-0.3, -0.25) is 4.79 Å². The van der Waals surface area contributed by atoms with Gasteiger partial charge in [-0.05, 0) is 76.2 Å². The third-order valence-corrected chi connectivity index (χ3v) is 4.45. The number of carbonyl (C=O) groups excluding carboxylic acids is 2. The number of aliphatic hydroxyl groups excluding tert-OH is 1. The van der Waals surface area contributed by atoms with E-state index >= 15 is 0 Å². The molecule has 0 bridgehead atoms. The Morgan fingerprint density at radius 1 is 0.970 bits per heavy atom. The summed E-state index contributed by atoms with van der Waals surface area (Å²) in [6.45, 7) is 7.97. The maximum absolute atomic E-state index is 12.4. The van der Waals surface area contributed by atoms with Crippen molar-refractivity contribution in [3.63, 3.8) is 0 Å². The standard InChI is InChI=1S/C20H21ClO4.C5H14NO.Ca.2H/c1-13(2)24-19(23)20(3,4)25-17-11-7-15(8-12-17)18(22)14-5-9-16(21)10-6-14;1-6(2,3)4-5-7;;;/h5-13H,1-4H3;7H,4-5H2,1-3H3;;;/q;+1;;;. The van der Waals surface area contributed by atoms with Crippen LogP contribution in [0.5, 0.6) is 5.75 Å². The van der Waals surface area contributed by atoms with Crippen molar-refractivity contribution in [2.75, 3.05) is 34.3 Å². The van der Waals surface area contributed by atoms with Crippen LogP contribution in [0.25, 0.3) is 0 Å².